The van der Waals surface area contributed by atoms with Gasteiger partial charge in [0.2, 0.25) is 0 Å². The van der Waals surface area contributed by atoms with Crippen LogP contribution in [0.25, 0.3) is 11.3 Å². The van der Waals surface area contributed by atoms with Crippen LogP contribution in [0.2, 0.25) is 0 Å². The van der Waals surface area contributed by atoms with Crippen molar-refractivity contribution in [2.75, 3.05) is 13.1 Å². The van der Waals surface area contributed by atoms with Crippen LogP contribution in [-0.4, -0.2) is 28.0 Å². The van der Waals surface area contributed by atoms with Crippen LogP contribution < -0.4 is 5.32 Å². The molecule has 1 aliphatic rings. The van der Waals surface area contributed by atoms with Gasteiger partial charge in [-0.1, -0.05) is 0 Å². The summed E-state index contributed by atoms with van der Waals surface area (Å²) in [6, 6.07) is 3.98. The van der Waals surface area contributed by atoms with Crippen LogP contribution in [0.5, 0.6) is 0 Å². The number of H-pyrrole nitrogens is 1. The molecular weight excluding hydrogens is 200 g/mol. The van der Waals surface area contributed by atoms with Crippen molar-refractivity contribution in [1.82, 2.24) is 20.3 Å². The van der Waals surface area contributed by atoms with E-state index in [4.69, 9.17) is 0 Å². The molecule has 0 saturated carbocycles. The van der Waals surface area contributed by atoms with Gasteiger partial charge >= 0.3 is 0 Å². The van der Waals surface area contributed by atoms with E-state index in [1.807, 2.05) is 18.3 Å². The molecule has 1 atom stereocenters. The van der Waals surface area contributed by atoms with Crippen LogP contribution in [-0.2, 0) is 0 Å². The first-order chi connectivity index (χ1) is 7.93. The molecule has 4 nitrogen and oxygen atoms in total. The lowest BCUT2D eigenvalue weighted by molar-refractivity contribution is 0.715. The number of aromatic nitrogens is 3. The fourth-order valence-electron chi connectivity index (χ4n) is 2.11. The van der Waals surface area contributed by atoms with Crippen LogP contribution in [0, 0.1) is 0 Å². The first kappa shape index (κ1) is 9.54. The highest BCUT2D eigenvalue weighted by molar-refractivity contribution is 5.57. The summed E-state index contributed by atoms with van der Waals surface area (Å²) < 4.78 is 0. The second kappa shape index (κ2) is 4.06. The van der Waals surface area contributed by atoms with E-state index >= 15 is 0 Å². The number of rotatable bonds is 2. The molecule has 3 rings (SSSR count). The number of hydrogen-bond acceptors (Lipinski definition) is 3. The molecule has 1 aliphatic heterocycles. The normalized spacial score (nSPS) is 20.1. The molecule has 0 amide bonds. The zero-order valence-corrected chi connectivity index (χ0v) is 8.98. The number of nitrogens with one attached hydrogen (secondary N) is 2. The minimum atomic E-state index is 0.538. The van der Waals surface area contributed by atoms with Gasteiger partial charge in [-0.15, -0.1) is 0 Å². The molecule has 1 fully saturated rings. The predicted octanol–water partition coefficient (Wildman–Crippen LogP) is 1.55. The van der Waals surface area contributed by atoms with Crippen molar-refractivity contribution in [3.8, 4) is 11.3 Å². The Balaban J connectivity index is 1.87. The molecule has 0 spiro atoms. The lowest BCUT2D eigenvalue weighted by Crippen LogP contribution is -2.08. The molecule has 0 aromatic carbocycles. The van der Waals surface area contributed by atoms with Crippen molar-refractivity contribution in [3.05, 3.63) is 36.5 Å². The van der Waals surface area contributed by atoms with E-state index in [1.165, 1.54) is 6.42 Å². The van der Waals surface area contributed by atoms with Crippen molar-refractivity contribution in [1.29, 1.82) is 0 Å². The molecule has 2 N–H and O–H groups in total. The third kappa shape index (κ3) is 1.72. The van der Waals surface area contributed by atoms with Gasteiger partial charge in [-0.05, 0) is 25.1 Å². The zero-order valence-electron chi connectivity index (χ0n) is 8.98. The number of pyridine rings is 1. The van der Waals surface area contributed by atoms with Gasteiger partial charge in [-0.3, -0.25) is 4.98 Å². The molecule has 1 unspecified atom stereocenters. The molecule has 0 aliphatic carbocycles. The van der Waals surface area contributed by atoms with Gasteiger partial charge in [0, 0.05) is 30.4 Å². The van der Waals surface area contributed by atoms with E-state index in [9.17, 15) is 0 Å². The number of nitrogens with zero attached hydrogens (tertiary/aromatic N) is 2. The Morgan fingerprint density at radius 2 is 2.12 bits per heavy atom. The molecule has 2 aromatic heterocycles. The van der Waals surface area contributed by atoms with Crippen molar-refractivity contribution >= 4 is 0 Å². The summed E-state index contributed by atoms with van der Waals surface area (Å²) in [4.78, 5) is 11.9. The SMILES string of the molecule is c1cc(-c2cnc(C3CCNC3)[nH]2)ccn1. The van der Waals surface area contributed by atoms with Crippen molar-refractivity contribution in [3.63, 3.8) is 0 Å². The van der Waals surface area contributed by atoms with Gasteiger partial charge in [0.15, 0.2) is 0 Å². The minimum Gasteiger partial charge on any atom is -0.342 e. The van der Waals surface area contributed by atoms with Crippen LogP contribution in [0.15, 0.2) is 30.7 Å². The second-order valence-corrected chi connectivity index (χ2v) is 4.11. The summed E-state index contributed by atoms with van der Waals surface area (Å²) in [5.74, 6) is 1.63. The van der Waals surface area contributed by atoms with Crippen LogP contribution in [0.1, 0.15) is 18.2 Å². The molecule has 3 heterocycles. The third-order valence-corrected chi connectivity index (χ3v) is 3.03. The second-order valence-electron chi connectivity index (χ2n) is 4.11. The van der Waals surface area contributed by atoms with Crippen LogP contribution in [0.4, 0.5) is 0 Å². The van der Waals surface area contributed by atoms with E-state index in [2.05, 4.69) is 20.3 Å². The Bertz CT molecular complexity index is 457. The Labute approximate surface area is 94.1 Å². The Hall–Kier alpha value is -1.68. The molecule has 4 heteroatoms. The molecular formula is C12H14N4. The maximum atomic E-state index is 4.46. The summed E-state index contributed by atoms with van der Waals surface area (Å²) in [5.41, 5.74) is 2.21. The van der Waals surface area contributed by atoms with Gasteiger partial charge in [-0.2, -0.15) is 0 Å². The highest BCUT2D eigenvalue weighted by atomic mass is 15.0. The summed E-state index contributed by atoms with van der Waals surface area (Å²) in [7, 11) is 0. The fourth-order valence-corrected chi connectivity index (χ4v) is 2.11. The molecule has 2 aromatic rings. The molecule has 1 saturated heterocycles. The number of imidazole rings is 1. The minimum absolute atomic E-state index is 0.538. The van der Waals surface area contributed by atoms with Gasteiger partial charge in [0.1, 0.15) is 5.82 Å². The Morgan fingerprint density at radius 1 is 1.25 bits per heavy atom. The first-order valence-corrected chi connectivity index (χ1v) is 5.59. The summed E-state index contributed by atoms with van der Waals surface area (Å²) in [5, 5.41) is 3.35. The average Bonchev–Trinajstić information content (AvgIpc) is 3.01. The van der Waals surface area contributed by atoms with Gasteiger partial charge in [0.25, 0.3) is 0 Å². The monoisotopic (exact) mass is 214 g/mol. The quantitative estimate of drug-likeness (QED) is 0.797. The van der Waals surface area contributed by atoms with E-state index in [-0.39, 0.29) is 0 Å². The van der Waals surface area contributed by atoms with Crippen molar-refractivity contribution in [2.24, 2.45) is 0 Å². The summed E-state index contributed by atoms with van der Waals surface area (Å²) in [6.45, 7) is 2.12. The molecule has 16 heavy (non-hydrogen) atoms. The van der Waals surface area contributed by atoms with Crippen molar-refractivity contribution in [2.45, 2.75) is 12.3 Å². The van der Waals surface area contributed by atoms with E-state index in [0.717, 1.165) is 30.2 Å². The molecule has 0 bridgehead atoms. The average molecular weight is 214 g/mol. The number of aromatic amines is 1. The summed E-state index contributed by atoms with van der Waals surface area (Å²) in [6.07, 6.45) is 6.67. The third-order valence-electron chi connectivity index (χ3n) is 3.03. The summed E-state index contributed by atoms with van der Waals surface area (Å²) >= 11 is 0. The standard InChI is InChI=1S/C12H14N4/c1-4-13-5-2-9(1)11-8-15-12(16-11)10-3-6-14-7-10/h1-2,4-5,8,10,14H,3,6-7H2,(H,15,16). The topological polar surface area (TPSA) is 53.6 Å². The van der Waals surface area contributed by atoms with Gasteiger partial charge < -0.3 is 10.3 Å². The largest absolute Gasteiger partial charge is 0.342 e. The van der Waals surface area contributed by atoms with Crippen LogP contribution >= 0.6 is 0 Å². The fraction of sp³-hybridized carbons (Fsp3) is 0.333. The van der Waals surface area contributed by atoms with Crippen LogP contribution in [0.3, 0.4) is 0 Å². The maximum absolute atomic E-state index is 4.46. The zero-order chi connectivity index (χ0) is 10.8. The highest BCUT2D eigenvalue weighted by Crippen LogP contribution is 2.22. The van der Waals surface area contributed by atoms with E-state index in [0.29, 0.717) is 5.92 Å². The Kier molecular flexibility index (Phi) is 2.42. The van der Waals surface area contributed by atoms with Crippen molar-refractivity contribution < 1.29 is 0 Å². The number of hydrogen-bond donors (Lipinski definition) is 2. The van der Waals surface area contributed by atoms with E-state index in [1.54, 1.807) is 12.4 Å². The van der Waals surface area contributed by atoms with Gasteiger partial charge in [0.05, 0.1) is 11.9 Å². The predicted molar refractivity (Wildman–Crippen MR) is 62.0 cm³/mol. The smallest absolute Gasteiger partial charge is 0.110 e. The molecule has 0 radical (unpaired) electrons. The molecule has 82 valence electrons. The lowest BCUT2D eigenvalue weighted by atomic mass is 10.1. The first-order valence-electron chi connectivity index (χ1n) is 5.59. The highest BCUT2D eigenvalue weighted by Gasteiger charge is 2.19. The van der Waals surface area contributed by atoms with Gasteiger partial charge in [-0.25, -0.2) is 4.98 Å². The Morgan fingerprint density at radius 3 is 2.88 bits per heavy atom. The maximum Gasteiger partial charge on any atom is 0.110 e. The lowest BCUT2D eigenvalue weighted by Gasteiger charge is -2.03. The van der Waals surface area contributed by atoms with E-state index < -0.39 is 0 Å².